The van der Waals surface area contributed by atoms with Gasteiger partial charge in [0, 0.05) is 24.1 Å². The first-order valence-corrected chi connectivity index (χ1v) is 8.72. The molecule has 1 aliphatic heterocycles. The molecule has 1 N–H and O–H groups in total. The molecule has 0 aliphatic carbocycles. The smallest absolute Gasteiger partial charge is 0.150 e. The molecule has 1 saturated heterocycles. The second kappa shape index (κ2) is 6.66. The highest BCUT2D eigenvalue weighted by molar-refractivity contribution is 7.91. The van der Waals surface area contributed by atoms with Crippen LogP contribution in [0.25, 0.3) is 0 Å². The number of rotatable bonds is 7. The molecule has 1 fully saturated rings. The molecule has 5 heteroatoms. The minimum Gasteiger partial charge on any atom is -0.316 e. The van der Waals surface area contributed by atoms with Crippen LogP contribution >= 0.6 is 0 Å². The maximum absolute atomic E-state index is 12.3. The fourth-order valence-electron chi connectivity index (χ4n) is 2.63. The first-order valence-electron chi connectivity index (χ1n) is 6.90. The van der Waals surface area contributed by atoms with Gasteiger partial charge in [-0.2, -0.15) is 0 Å². The monoisotopic (exact) mass is 275 g/mol. The van der Waals surface area contributed by atoms with E-state index in [9.17, 15) is 13.2 Å². The van der Waals surface area contributed by atoms with Gasteiger partial charge in [0.1, 0.15) is 5.78 Å². The van der Waals surface area contributed by atoms with Crippen LogP contribution in [0.3, 0.4) is 0 Å². The van der Waals surface area contributed by atoms with E-state index in [2.05, 4.69) is 5.32 Å². The van der Waals surface area contributed by atoms with Gasteiger partial charge in [-0.25, -0.2) is 8.42 Å². The maximum atomic E-state index is 12.3. The summed E-state index contributed by atoms with van der Waals surface area (Å²) in [6, 6.07) is 0. The number of hydrogen-bond donors (Lipinski definition) is 1. The van der Waals surface area contributed by atoms with Crippen LogP contribution < -0.4 is 5.32 Å². The highest BCUT2D eigenvalue weighted by Crippen LogP contribution is 2.32. The van der Waals surface area contributed by atoms with Crippen LogP contribution in [0.15, 0.2) is 0 Å². The van der Waals surface area contributed by atoms with Crippen molar-refractivity contribution in [1.29, 1.82) is 0 Å². The quantitative estimate of drug-likeness (QED) is 0.765. The maximum Gasteiger partial charge on any atom is 0.150 e. The molecule has 1 rings (SSSR count). The zero-order valence-corrected chi connectivity index (χ0v) is 12.3. The van der Waals surface area contributed by atoms with E-state index in [4.69, 9.17) is 0 Å². The van der Waals surface area contributed by atoms with E-state index in [0.717, 1.165) is 25.8 Å². The summed E-state index contributed by atoms with van der Waals surface area (Å²) >= 11 is 0. The Hall–Kier alpha value is -0.420. The lowest BCUT2D eigenvalue weighted by Crippen LogP contribution is -2.45. The zero-order chi connectivity index (χ0) is 13.6. The van der Waals surface area contributed by atoms with Crippen molar-refractivity contribution < 1.29 is 13.2 Å². The summed E-state index contributed by atoms with van der Waals surface area (Å²) in [7, 11) is -3.04. The van der Waals surface area contributed by atoms with Crippen molar-refractivity contribution >= 4 is 15.6 Å². The summed E-state index contributed by atoms with van der Waals surface area (Å²) in [6.45, 7) is 5.53. The van der Waals surface area contributed by atoms with Gasteiger partial charge in [0.05, 0.1) is 5.75 Å². The molecule has 1 unspecified atom stereocenters. The predicted molar refractivity (Wildman–Crippen MR) is 73.4 cm³/mol. The highest BCUT2D eigenvalue weighted by atomic mass is 32.2. The van der Waals surface area contributed by atoms with Crippen LogP contribution in [0, 0.1) is 5.41 Å². The van der Waals surface area contributed by atoms with Crippen molar-refractivity contribution in [2.24, 2.45) is 5.41 Å². The van der Waals surface area contributed by atoms with Crippen LogP contribution in [0.1, 0.15) is 46.0 Å². The normalized spacial score (nSPS) is 25.0. The van der Waals surface area contributed by atoms with Gasteiger partial charge in [-0.15, -0.1) is 0 Å². The molecule has 0 aromatic carbocycles. The van der Waals surface area contributed by atoms with Gasteiger partial charge in [0.15, 0.2) is 9.84 Å². The number of hydrogen-bond acceptors (Lipinski definition) is 4. The summed E-state index contributed by atoms with van der Waals surface area (Å²) in [5.74, 6) is 0.330. The summed E-state index contributed by atoms with van der Waals surface area (Å²) in [6.07, 6.45) is 3.49. The van der Waals surface area contributed by atoms with Gasteiger partial charge < -0.3 is 5.32 Å². The molecule has 18 heavy (non-hydrogen) atoms. The van der Waals surface area contributed by atoms with E-state index >= 15 is 0 Å². The second-order valence-electron chi connectivity index (χ2n) is 5.24. The van der Waals surface area contributed by atoms with Gasteiger partial charge in [0.25, 0.3) is 0 Å². The fourth-order valence-corrected chi connectivity index (χ4v) is 3.95. The van der Waals surface area contributed by atoms with Crippen molar-refractivity contribution in [2.45, 2.75) is 46.0 Å². The number of nitrogens with one attached hydrogen (secondary N) is 1. The molecule has 1 heterocycles. The van der Waals surface area contributed by atoms with Gasteiger partial charge in [-0.3, -0.25) is 4.79 Å². The van der Waals surface area contributed by atoms with Gasteiger partial charge in [-0.05, 0) is 32.2 Å². The van der Waals surface area contributed by atoms with Crippen LogP contribution in [0.2, 0.25) is 0 Å². The Balaban J connectivity index is 2.58. The van der Waals surface area contributed by atoms with Gasteiger partial charge in [0.2, 0.25) is 0 Å². The van der Waals surface area contributed by atoms with Crippen molar-refractivity contribution in [1.82, 2.24) is 5.32 Å². The molecule has 0 saturated carbocycles. The molecule has 0 bridgehead atoms. The standard InChI is InChI=1S/C13H25NO3S/c1-3-9-18(16,17)10-6-12(15)13(4-2)7-5-8-14-11-13/h14H,3-11H2,1-2H3. The van der Waals surface area contributed by atoms with Crippen molar-refractivity contribution in [3.8, 4) is 0 Å². The average Bonchev–Trinajstić information content (AvgIpc) is 2.37. The molecule has 0 amide bonds. The predicted octanol–water partition coefficient (Wildman–Crippen LogP) is 1.55. The van der Waals surface area contributed by atoms with E-state index in [1.807, 2.05) is 13.8 Å². The number of piperidine rings is 1. The van der Waals surface area contributed by atoms with Gasteiger partial charge >= 0.3 is 0 Å². The molecule has 4 nitrogen and oxygen atoms in total. The molecule has 0 radical (unpaired) electrons. The Bertz CT molecular complexity index is 370. The Morgan fingerprint density at radius 3 is 2.50 bits per heavy atom. The van der Waals surface area contributed by atoms with Crippen LogP contribution in [-0.4, -0.2) is 38.8 Å². The minimum absolute atomic E-state index is 0.0153. The lowest BCUT2D eigenvalue weighted by molar-refractivity contribution is -0.129. The molecule has 0 aromatic heterocycles. The van der Waals surface area contributed by atoms with Crippen molar-refractivity contribution in [2.75, 3.05) is 24.6 Å². The number of ketones is 1. The van der Waals surface area contributed by atoms with Crippen molar-refractivity contribution in [3.63, 3.8) is 0 Å². The molecular formula is C13H25NO3S. The Morgan fingerprint density at radius 1 is 1.28 bits per heavy atom. The Morgan fingerprint density at radius 2 is 2.00 bits per heavy atom. The first kappa shape index (κ1) is 15.6. The van der Waals surface area contributed by atoms with Crippen molar-refractivity contribution in [3.05, 3.63) is 0 Å². The molecule has 106 valence electrons. The van der Waals surface area contributed by atoms with E-state index in [0.29, 0.717) is 13.0 Å². The highest BCUT2D eigenvalue weighted by Gasteiger charge is 2.37. The summed E-state index contributed by atoms with van der Waals surface area (Å²) in [5.41, 5.74) is -0.319. The third-order valence-corrected chi connectivity index (χ3v) is 5.75. The second-order valence-corrected chi connectivity index (χ2v) is 7.54. The Kier molecular flexibility index (Phi) is 5.79. The summed E-state index contributed by atoms with van der Waals surface area (Å²) < 4.78 is 23.3. The summed E-state index contributed by atoms with van der Waals surface area (Å²) in [5, 5.41) is 3.26. The molecule has 1 aliphatic rings. The number of carbonyl (C=O) groups excluding carboxylic acids is 1. The lowest BCUT2D eigenvalue weighted by atomic mass is 9.74. The van der Waals surface area contributed by atoms with E-state index in [-0.39, 0.29) is 29.1 Å². The number of Topliss-reactive ketones (excluding diaryl/α,β-unsaturated/α-hetero) is 1. The van der Waals surface area contributed by atoms with Gasteiger partial charge in [-0.1, -0.05) is 13.8 Å². The number of carbonyl (C=O) groups is 1. The number of sulfone groups is 1. The molecule has 1 atom stereocenters. The Labute approximate surface area is 110 Å². The van der Waals surface area contributed by atoms with Crippen LogP contribution in [-0.2, 0) is 14.6 Å². The molecular weight excluding hydrogens is 250 g/mol. The minimum atomic E-state index is -3.04. The van der Waals surface area contributed by atoms with Crippen LogP contribution in [0.4, 0.5) is 0 Å². The topological polar surface area (TPSA) is 63.2 Å². The third-order valence-electron chi connectivity index (χ3n) is 3.90. The fraction of sp³-hybridized carbons (Fsp3) is 0.923. The van der Waals surface area contributed by atoms with E-state index in [1.54, 1.807) is 0 Å². The SMILES string of the molecule is CCCS(=O)(=O)CCC(=O)C1(CC)CCCNC1. The first-order chi connectivity index (χ1) is 8.46. The third kappa shape index (κ3) is 4.05. The van der Waals surface area contributed by atoms with E-state index < -0.39 is 9.84 Å². The van der Waals surface area contributed by atoms with Crippen LogP contribution in [0.5, 0.6) is 0 Å². The summed E-state index contributed by atoms with van der Waals surface area (Å²) in [4.78, 5) is 12.3. The zero-order valence-electron chi connectivity index (χ0n) is 11.5. The average molecular weight is 275 g/mol. The largest absolute Gasteiger partial charge is 0.316 e. The molecule has 0 spiro atoms. The van der Waals surface area contributed by atoms with E-state index in [1.165, 1.54) is 0 Å². The lowest BCUT2D eigenvalue weighted by Gasteiger charge is -2.35. The molecule has 0 aromatic rings.